The standard InChI is InChI=1S/C25H32N2O3S/c1-2-30-25(29)22-20-9-5-6-10-21(20)31-24(22)26-23(28)19-13-11-18(12-14-19)17-27-15-7-3-4-8-16-27/h11-14H,2-10,15-17H2,1H3,(H,26,28). The number of anilines is 1. The van der Waals surface area contributed by atoms with E-state index < -0.39 is 0 Å². The topological polar surface area (TPSA) is 58.6 Å². The molecule has 1 N–H and O–H groups in total. The van der Waals surface area contributed by atoms with Crippen molar-refractivity contribution in [1.29, 1.82) is 0 Å². The number of amides is 1. The number of benzene rings is 1. The molecule has 1 aliphatic heterocycles. The van der Waals surface area contributed by atoms with E-state index in [1.807, 2.05) is 31.2 Å². The lowest BCUT2D eigenvalue weighted by Gasteiger charge is -2.19. The first-order valence-electron chi connectivity index (χ1n) is 11.6. The van der Waals surface area contributed by atoms with Crippen LogP contribution in [0, 0.1) is 0 Å². The number of thiophene rings is 1. The van der Waals surface area contributed by atoms with Gasteiger partial charge >= 0.3 is 5.97 Å². The zero-order chi connectivity index (χ0) is 21.6. The number of hydrogen-bond donors (Lipinski definition) is 1. The van der Waals surface area contributed by atoms with E-state index in [1.54, 1.807) is 0 Å². The minimum atomic E-state index is -0.329. The number of ether oxygens (including phenoxy) is 1. The van der Waals surface area contributed by atoms with Crippen LogP contribution in [0.15, 0.2) is 24.3 Å². The quantitative estimate of drug-likeness (QED) is 0.609. The zero-order valence-corrected chi connectivity index (χ0v) is 19.2. The van der Waals surface area contributed by atoms with Gasteiger partial charge in [0.25, 0.3) is 5.91 Å². The van der Waals surface area contributed by atoms with E-state index >= 15 is 0 Å². The van der Waals surface area contributed by atoms with Crippen molar-refractivity contribution in [1.82, 2.24) is 4.90 Å². The number of fused-ring (bicyclic) bond motifs is 1. The Labute approximate surface area is 188 Å². The molecule has 0 spiro atoms. The first kappa shape index (κ1) is 22.0. The second kappa shape index (κ2) is 10.4. The van der Waals surface area contributed by atoms with Gasteiger partial charge < -0.3 is 10.1 Å². The molecule has 5 nitrogen and oxygen atoms in total. The maximum absolute atomic E-state index is 12.9. The van der Waals surface area contributed by atoms with E-state index in [9.17, 15) is 9.59 Å². The van der Waals surface area contributed by atoms with Crippen LogP contribution in [-0.4, -0.2) is 36.5 Å². The predicted molar refractivity (Wildman–Crippen MR) is 125 cm³/mol. The highest BCUT2D eigenvalue weighted by molar-refractivity contribution is 7.17. The Morgan fingerprint density at radius 1 is 1.00 bits per heavy atom. The van der Waals surface area contributed by atoms with Crippen LogP contribution in [0.2, 0.25) is 0 Å². The number of esters is 1. The van der Waals surface area contributed by atoms with Crippen molar-refractivity contribution >= 4 is 28.2 Å². The molecule has 2 aromatic rings. The highest BCUT2D eigenvalue weighted by atomic mass is 32.1. The molecule has 1 saturated heterocycles. The van der Waals surface area contributed by atoms with Crippen molar-refractivity contribution in [2.75, 3.05) is 25.0 Å². The lowest BCUT2D eigenvalue weighted by atomic mass is 9.95. The summed E-state index contributed by atoms with van der Waals surface area (Å²) >= 11 is 1.53. The summed E-state index contributed by atoms with van der Waals surface area (Å²) in [6, 6.07) is 7.87. The SMILES string of the molecule is CCOC(=O)c1c(NC(=O)c2ccc(CN3CCCCCC3)cc2)sc2c1CCCC2. The van der Waals surface area contributed by atoms with E-state index in [1.165, 1.54) is 47.5 Å². The predicted octanol–water partition coefficient (Wildman–Crippen LogP) is 5.43. The van der Waals surface area contributed by atoms with Gasteiger partial charge in [-0.2, -0.15) is 0 Å². The molecule has 0 unspecified atom stereocenters. The fourth-order valence-corrected chi connectivity index (χ4v) is 5.83. The molecule has 2 heterocycles. The van der Waals surface area contributed by atoms with E-state index in [2.05, 4.69) is 10.2 Å². The Bertz CT molecular complexity index is 912. The monoisotopic (exact) mass is 440 g/mol. The summed E-state index contributed by atoms with van der Waals surface area (Å²) in [4.78, 5) is 29.3. The molecule has 0 bridgehead atoms. The Morgan fingerprint density at radius 3 is 2.42 bits per heavy atom. The van der Waals surface area contributed by atoms with Gasteiger partial charge in [0, 0.05) is 17.0 Å². The van der Waals surface area contributed by atoms with E-state index in [0.29, 0.717) is 22.7 Å². The molecule has 0 saturated carbocycles. The van der Waals surface area contributed by atoms with Crippen LogP contribution in [0.5, 0.6) is 0 Å². The average Bonchev–Trinajstić information content (AvgIpc) is 2.94. The normalized spacial score (nSPS) is 16.9. The van der Waals surface area contributed by atoms with Crippen molar-refractivity contribution < 1.29 is 14.3 Å². The third-order valence-electron chi connectivity index (χ3n) is 6.20. The molecule has 1 fully saturated rings. The molecular formula is C25H32N2O3S. The minimum absolute atomic E-state index is 0.175. The van der Waals surface area contributed by atoms with Gasteiger partial charge in [0.15, 0.2) is 0 Å². The Hall–Kier alpha value is -2.18. The third-order valence-corrected chi connectivity index (χ3v) is 7.41. The number of nitrogens with one attached hydrogen (secondary N) is 1. The van der Waals surface area contributed by atoms with Gasteiger partial charge in [-0.3, -0.25) is 9.69 Å². The minimum Gasteiger partial charge on any atom is -0.462 e. The smallest absolute Gasteiger partial charge is 0.341 e. The summed E-state index contributed by atoms with van der Waals surface area (Å²) in [6.45, 7) is 5.38. The molecule has 2 aliphatic rings. The molecule has 1 aromatic carbocycles. The fourth-order valence-electron chi connectivity index (χ4n) is 4.56. The number of nitrogens with zero attached hydrogens (tertiary/aromatic N) is 1. The highest BCUT2D eigenvalue weighted by Crippen LogP contribution is 2.38. The molecule has 31 heavy (non-hydrogen) atoms. The van der Waals surface area contributed by atoms with Gasteiger partial charge in [0.1, 0.15) is 5.00 Å². The van der Waals surface area contributed by atoms with Crippen LogP contribution in [-0.2, 0) is 24.1 Å². The van der Waals surface area contributed by atoms with Crippen molar-refractivity contribution in [2.45, 2.75) is 64.8 Å². The lowest BCUT2D eigenvalue weighted by Crippen LogP contribution is -2.24. The zero-order valence-electron chi connectivity index (χ0n) is 18.4. The van der Waals surface area contributed by atoms with E-state index in [0.717, 1.165) is 50.9 Å². The van der Waals surface area contributed by atoms with E-state index in [-0.39, 0.29) is 11.9 Å². The summed E-state index contributed by atoms with van der Waals surface area (Å²) in [5.41, 5.74) is 3.48. The lowest BCUT2D eigenvalue weighted by molar-refractivity contribution is 0.0526. The molecule has 1 aromatic heterocycles. The first-order valence-corrected chi connectivity index (χ1v) is 12.4. The number of carbonyl (C=O) groups is 2. The Balaban J connectivity index is 1.46. The number of hydrogen-bond acceptors (Lipinski definition) is 5. The number of aryl methyl sites for hydroxylation is 1. The maximum atomic E-state index is 12.9. The van der Waals surface area contributed by atoms with Gasteiger partial charge in [0.2, 0.25) is 0 Å². The molecule has 1 aliphatic carbocycles. The second-order valence-corrected chi connectivity index (χ2v) is 9.58. The molecular weight excluding hydrogens is 408 g/mol. The number of likely N-dealkylation sites (tertiary alicyclic amines) is 1. The van der Waals surface area contributed by atoms with Crippen LogP contribution in [0.25, 0.3) is 0 Å². The van der Waals surface area contributed by atoms with Crippen molar-refractivity contribution in [2.24, 2.45) is 0 Å². The second-order valence-electron chi connectivity index (χ2n) is 8.48. The van der Waals surface area contributed by atoms with Gasteiger partial charge in [0.05, 0.1) is 12.2 Å². The van der Waals surface area contributed by atoms with Gasteiger partial charge in [-0.15, -0.1) is 11.3 Å². The van der Waals surface area contributed by atoms with Crippen LogP contribution in [0.1, 0.15) is 82.2 Å². The first-order chi connectivity index (χ1) is 15.2. The van der Waals surface area contributed by atoms with Crippen molar-refractivity contribution in [3.63, 3.8) is 0 Å². The largest absolute Gasteiger partial charge is 0.462 e. The van der Waals surface area contributed by atoms with Crippen LogP contribution >= 0.6 is 11.3 Å². The fraction of sp³-hybridized carbons (Fsp3) is 0.520. The molecule has 4 rings (SSSR count). The van der Waals surface area contributed by atoms with Crippen molar-refractivity contribution in [3.8, 4) is 0 Å². The summed E-state index contributed by atoms with van der Waals surface area (Å²) < 4.78 is 5.29. The van der Waals surface area contributed by atoms with Gasteiger partial charge in [-0.1, -0.05) is 25.0 Å². The molecule has 0 atom stereocenters. The Morgan fingerprint density at radius 2 is 1.71 bits per heavy atom. The number of rotatable bonds is 6. The van der Waals surface area contributed by atoms with Crippen LogP contribution in [0.3, 0.4) is 0 Å². The molecule has 0 radical (unpaired) electrons. The van der Waals surface area contributed by atoms with E-state index in [4.69, 9.17) is 4.74 Å². The number of carbonyl (C=O) groups excluding carboxylic acids is 2. The molecule has 1 amide bonds. The molecule has 6 heteroatoms. The third kappa shape index (κ3) is 5.36. The van der Waals surface area contributed by atoms with Crippen LogP contribution < -0.4 is 5.32 Å². The summed E-state index contributed by atoms with van der Waals surface area (Å²) in [5, 5.41) is 3.63. The maximum Gasteiger partial charge on any atom is 0.341 e. The summed E-state index contributed by atoms with van der Waals surface area (Å²) in [7, 11) is 0. The summed E-state index contributed by atoms with van der Waals surface area (Å²) in [6.07, 6.45) is 9.24. The average molecular weight is 441 g/mol. The Kier molecular flexibility index (Phi) is 7.41. The van der Waals surface area contributed by atoms with Crippen molar-refractivity contribution in [3.05, 3.63) is 51.4 Å². The highest BCUT2D eigenvalue weighted by Gasteiger charge is 2.27. The van der Waals surface area contributed by atoms with Gasteiger partial charge in [-0.25, -0.2) is 4.79 Å². The summed E-state index contributed by atoms with van der Waals surface area (Å²) in [5.74, 6) is -0.504. The van der Waals surface area contributed by atoms with Gasteiger partial charge in [-0.05, 0) is 81.8 Å². The molecule has 166 valence electrons. The van der Waals surface area contributed by atoms with Crippen LogP contribution in [0.4, 0.5) is 5.00 Å².